The number of amides is 1. The minimum absolute atomic E-state index is 0.0478. The minimum Gasteiger partial charge on any atom is -0.351 e. The van der Waals surface area contributed by atoms with Gasteiger partial charge in [-0.1, -0.05) is 0 Å². The number of carbonyl (C=O) groups excluding carboxylic acids is 1. The van der Waals surface area contributed by atoms with Gasteiger partial charge in [0.25, 0.3) is 5.56 Å². The van der Waals surface area contributed by atoms with Crippen LogP contribution in [0.15, 0.2) is 27.9 Å². The molecule has 2 heterocycles. The van der Waals surface area contributed by atoms with Crippen molar-refractivity contribution in [2.24, 2.45) is 7.05 Å². The van der Waals surface area contributed by atoms with Crippen LogP contribution in [0.1, 0.15) is 15.3 Å². The number of H-pyrrole nitrogens is 1. The minimum atomic E-state index is -0.492. The van der Waals surface area contributed by atoms with E-state index < -0.39 is 11.2 Å². The Kier molecular flexibility index (Phi) is 4.19. The molecule has 1 amide bonds. The highest BCUT2D eigenvalue weighted by Crippen LogP contribution is 2.14. The molecule has 20 heavy (non-hydrogen) atoms. The van der Waals surface area contributed by atoms with Crippen LogP contribution in [0.2, 0.25) is 0 Å². The summed E-state index contributed by atoms with van der Waals surface area (Å²) in [6, 6.07) is 3.95. The van der Waals surface area contributed by atoms with E-state index in [9.17, 15) is 14.4 Å². The van der Waals surface area contributed by atoms with Crippen LogP contribution in [0, 0.1) is 6.92 Å². The molecule has 0 fully saturated rings. The second-order valence-electron chi connectivity index (χ2n) is 4.45. The van der Waals surface area contributed by atoms with Gasteiger partial charge in [-0.05, 0) is 19.1 Å². The summed E-state index contributed by atoms with van der Waals surface area (Å²) in [6.07, 6.45) is 1.24. The van der Waals surface area contributed by atoms with E-state index in [4.69, 9.17) is 0 Å². The number of nitrogens with one attached hydrogen (secondary N) is 2. The lowest BCUT2D eigenvalue weighted by Gasteiger charge is -2.04. The van der Waals surface area contributed by atoms with Crippen LogP contribution in [0.3, 0.4) is 0 Å². The number of thiophene rings is 1. The first-order chi connectivity index (χ1) is 9.47. The quantitative estimate of drug-likeness (QED) is 0.850. The highest BCUT2D eigenvalue weighted by Gasteiger charge is 2.09. The molecule has 2 aromatic rings. The molecule has 0 aromatic carbocycles. The van der Waals surface area contributed by atoms with Crippen molar-refractivity contribution in [3.63, 3.8) is 0 Å². The van der Waals surface area contributed by atoms with Crippen molar-refractivity contribution in [1.29, 1.82) is 0 Å². The van der Waals surface area contributed by atoms with E-state index >= 15 is 0 Å². The highest BCUT2D eigenvalue weighted by molar-refractivity contribution is 7.11. The largest absolute Gasteiger partial charge is 0.351 e. The molecule has 0 saturated carbocycles. The first-order valence-corrected chi connectivity index (χ1v) is 6.88. The summed E-state index contributed by atoms with van der Waals surface area (Å²) in [5, 5.41) is 2.75. The first kappa shape index (κ1) is 14.3. The molecule has 0 atom stereocenters. The average Bonchev–Trinajstić information content (AvgIpc) is 2.83. The molecule has 6 nitrogen and oxygen atoms in total. The predicted octanol–water partition coefficient (Wildman–Crippen LogP) is 0.302. The standard InChI is InChI=1S/C13H15N3O3S/c1-8-3-4-10(20-8)7-14-11(17)5-9-6-15-13(19)16(2)12(9)18/h3-4,6H,5,7H2,1-2H3,(H,14,17)(H,15,19). The summed E-state index contributed by atoms with van der Waals surface area (Å²) in [6.45, 7) is 2.45. The summed E-state index contributed by atoms with van der Waals surface area (Å²) in [7, 11) is 1.37. The van der Waals surface area contributed by atoms with E-state index in [1.54, 1.807) is 11.3 Å². The Morgan fingerprint density at radius 3 is 2.80 bits per heavy atom. The molecular weight excluding hydrogens is 278 g/mol. The third-order valence-electron chi connectivity index (χ3n) is 2.86. The molecule has 0 spiro atoms. The third-order valence-corrected chi connectivity index (χ3v) is 3.86. The van der Waals surface area contributed by atoms with E-state index in [1.165, 1.54) is 18.1 Å². The maximum atomic E-state index is 11.8. The van der Waals surface area contributed by atoms with Crippen LogP contribution in [0.25, 0.3) is 0 Å². The Morgan fingerprint density at radius 1 is 1.40 bits per heavy atom. The predicted molar refractivity (Wildman–Crippen MR) is 76.9 cm³/mol. The third kappa shape index (κ3) is 3.24. The van der Waals surface area contributed by atoms with Gasteiger partial charge in [-0.15, -0.1) is 11.3 Å². The number of aromatic nitrogens is 2. The molecule has 2 N–H and O–H groups in total. The van der Waals surface area contributed by atoms with Crippen LogP contribution in [0.5, 0.6) is 0 Å². The van der Waals surface area contributed by atoms with Gasteiger partial charge in [-0.3, -0.25) is 14.2 Å². The number of nitrogens with zero attached hydrogens (tertiary/aromatic N) is 1. The summed E-state index contributed by atoms with van der Waals surface area (Å²) >= 11 is 1.62. The summed E-state index contributed by atoms with van der Waals surface area (Å²) in [5.74, 6) is -0.250. The van der Waals surface area contributed by atoms with E-state index in [-0.39, 0.29) is 17.9 Å². The van der Waals surface area contributed by atoms with Crippen molar-refractivity contribution in [2.45, 2.75) is 19.9 Å². The first-order valence-electron chi connectivity index (χ1n) is 6.07. The SMILES string of the molecule is Cc1ccc(CNC(=O)Cc2c[nH]c(=O)n(C)c2=O)s1. The van der Waals surface area contributed by atoms with Crippen molar-refractivity contribution in [3.8, 4) is 0 Å². The Bertz CT molecular complexity index is 742. The number of hydrogen-bond donors (Lipinski definition) is 2. The second-order valence-corrected chi connectivity index (χ2v) is 5.82. The smallest absolute Gasteiger partial charge is 0.328 e. The van der Waals surface area contributed by atoms with Gasteiger partial charge in [0.2, 0.25) is 5.91 Å². The van der Waals surface area contributed by atoms with Gasteiger partial charge in [-0.2, -0.15) is 0 Å². The monoisotopic (exact) mass is 293 g/mol. The van der Waals surface area contributed by atoms with Gasteiger partial charge >= 0.3 is 5.69 Å². The summed E-state index contributed by atoms with van der Waals surface area (Å²) < 4.78 is 0.950. The fourth-order valence-corrected chi connectivity index (χ4v) is 2.57. The highest BCUT2D eigenvalue weighted by atomic mass is 32.1. The topological polar surface area (TPSA) is 84.0 Å². The molecular formula is C13H15N3O3S. The Labute approximate surface area is 119 Å². The Hall–Kier alpha value is -2.15. The van der Waals surface area contributed by atoms with Gasteiger partial charge in [0.05, 0.1) is 13.0 Å². The molecule has 0 unspecified atom stereocenters. The van der Waals surface area contributed by atoms with E-state index in [0.29, 0.717) is 6.54 Å². The molecule has 2 rings (SSSR count). The van der Waals surface area contributed by atoms with Crippen LogP contribution >= 0.6 is 11.3 Å². The summed E-state index contributed by atoms with van der Waals surface area (Å²) in [4.78, 5) is 39.4. The maximum absolute atomic E-state index is 11.8. The van der Waals surface area contributed by atoms with Crippen molar-refractivity contribution in [3.05, 3.63) is 54.5 Å². The molecule has 0 bridgehead atoms. The molecule has 0 aliphatic rings. The summed E-state index contributed by atoms with van der Waals surface area (Å²) in [5.41, 5.74) is -0.670. The zero-order valence-electron chi connectivity index (χ0n) is 11.2. The Morgan fingerprint density at radius 2 is 2.15 bits per heavy atom. The molecule has 0 aliphatic carbocycles. The lowest BCUT2D eigenvalue weighted by molar-refractivity contribution is -0.120. The molecule has 0 radical (unpaired) electrons. The van der Waals surface area contributed by atoms with Crippen LogP contribution < -0.4 is 16.6 Å². The van der Waals surface area contributed by atoms with Crippen molar-refractivity contribution in [1.82, 2.24) is 14.9 Å². The van der Waals surface area contributed by atoms with Crippen molar-refractivity contribution in [2.75, 3.05) is 0 Å². The molecule has 2 aromatic heterocycles. The molecule has 7 heteroatoms. The van der Waals surface area contributed by atoms with Crippen LogP contribution in [0.4, 0.5) is 0 Å². The number of aromatic amines is 1. The van der Waals surface area contributed by atoms with Gasteiger partial charge < -0.3 is 10.3 Å². The van der Waals surface area contributed by atoms with E-state index in [1.807, 2.05) is 19.1 Å². The second kappa shape index (κ2) is 5.87. The number of aryl methyl sites for hydroxylation is 1. The number of carbonyl (C=O) groups is 1. The normalized spacial score (nSPS) is 10.5. The zero-order valence-corrected chi connectivity index (χ0v) is 12.0. The van der Waals surface area contributed by atoms with E-state index in [0.717, 1.165) is 9.44 Å². The van der Waals surface area contributed by atoms with Crippen molar-refractivity contribution < 1.29 is 4.79 Å². The number of hydrogen-bond acceptors (Lipinski definition) is 4. The van der Waals surface area contributed by atoms with Gasteiger partial charge in [0, 0.05) is 28.6 Å². The molecule has 106 valence electrons. The fraction of sp³-hybridized carbons (Fsp3) is 0.308. The molecule has 0 aliphatic heterocycles. The Balaban J connectivity index is 2.00. The van der Waals surface area contributed by atoms with Crippen molar-refractivity contribution >= 4 is 17.2 Å². The van der Waals surface area contributed by atoms with Gasteiger partial charge in [0.1, 0.15) is 0 Å². The number of rotatable bonds is 4. The van der Waals surface area contributed by atoms with E-state index in [2.05, 4.69) is 10.3 Å². The van der Waals surface area contributed by atoms with Crippen LogP contribution in [-0.4, -0.2) is 15.5 Å². The van der Waals surface area contributed by atoms with Gasteiger partial charge in [-0.25, -0.2) is 4.79 Å². The average molecular weight is 293 g/mol. The molecule has 0 saturated heterocycles. The maximum Gasteiger partial charge on any atom is 0.328 e. The van der Waals surface area contributed by atoms with Gasteiger partial charge in [0.15, 0.2) is 0 Å². The zero-order chi connectivity index (χ0) is 14.7. The fourth-order valence-electron chi connectivity index (χ4n) is 1.74. The lowest BCUT2D eigenvalue weighted by Crippen LogP contribution is -2.36. The lowest BCUT2D eigenvalue weighted by atomic mass is 10.2. The van der Waals surface area contributed by atoms with Crippen LogP contribution in [-0.2, 0) is 24.8 Å².